The highest BCUT2D eigenvalue weighted by atomic mass is 35.5. The predicted octanol–water partition coefficient (Wildman–Crippen LogP) is 0.696. The van der Waals surface area contributed by atoms with Gasteiger partial charge in [0.25, 0.3) is 0 Å². The number of hydrogen-bond acceptors (Lipinski definition) is 2. The molecule has 8 heteroatoms. The standard InChI is InChI=1S/C4H2ClF3O4/c5-3(6,1(9)10)4(7,8)2(11)12/h(H,9,10)(H,11,12)/t3-/m1/s1. The topological polar surface area (TPSA) is 74.6 Å². The maximum atomic E-state index is 12.3. The van der Waals surface area contributed by atoms with E-state index in [9.17, 15) is 22.8 Å². The van der Waals surface area contributed by atoms with Gasteiger partial charge in [0.1, 0.15) is 0 Å². The highest BCUT2D eigenvalue weighted by Crippen LogP contribution is 2.36. The molecule has 0 saturated carbocycles. The molecule has 2 N–H and O–H groups in total. The largest absolute Gasteiger partial charge is 0.478 e. The van der Waals surface area contributed by atoms with E-state index < -0.39 is 23.0 Å². The van der Waals surface area contributed by atoms with Gasteiger partial charge in [-0.05, 0) is 0 Å². The van der Waals surface area contributed by atoms with Crippen LogP contribution >= 0.6 is 11.6 Å². The highest BCUT2D eigenvalue weighted by molar-refractivity contribution is 6.34. The number of hydrogen-bond donors (Lipinski definition) is 2. The third-order valence-electron chi connectivity index (χ3n) is 0.932. The van der Waals surface area contributed by atoms with Crippen LogP contribution in [0.3, 0.4) is 0 Å². The number of aliphatic carboxylic acids is 2. The lowest BCUT2D eigenvalue weighted by Gasteiger charge is -2.19. The summed E-state index contributed by atoms with van der Waals surface area (Å²) < 4.78 is 36.5. The van der Waals surface area contributed by atoms with Crippen molar-refractivity contribution in [3.63, 3.8) is 0 Å². The minimum absolute atomic E-state index is 2.75. The Hall–Kier alpha value is -0.980. The molecule has 4 nitrogen and oxygen atoms in total. The molecule has 12 heavy (non-hydrogen) atoms. The number of alkyl halides is 4. The Bertz CT molecular complexity index is 202. The Labute approximate surface area is 68.5 Å². The van der Waals surface area contributed by atoms with Crippen LogP contribution in [0.2, 0.25) is 0 Å². The van der Waals surface area contributed by atoms with Crippen LogP contribution in [0.25, 0.3) is 0 Å². The van der Waals surface area contributed by atoms with Crippen molar-refractivity contribution in [1.82, 2.24) is 0 Å². The van der Waals surface area contributed by atoms with Gasteiger partial charge < -0.3 is 10.2 Å². The van der Waals surface area contributed by atoms with Gasteiger partial charge in [0.2, 0.25) is 0 Å². The average molecular weight is 207 g/mol. The van der Waals surface area contributed by atoms with Gasteiger partial charge in [0, 0.05) is 0 Å². The summed E-state index contributed by atoms with van der Waals surface area (Å²) in [6.07, 6.45) is 0. The van der Waals surface area contributed by atoms with E-state index in [4.69, 9.17) is 10.2 Å². The Kier molecular flexibility index (Phi) is 2.58. The molecule has 0 amide bonds. The maximum Gasteiger partial charge on any atom is 0.400 e. The van der Waals surface area contributed by atoms with Crippen molar-refractivity contribution in [3.05, 3.63) is 0 Å². The molecule has 0 heterocycles. The minimum Gasteiger partial charge on any atom is -0.478 e. The zero-order valence-corrected chi connectivity index (χ0v) is 5.98. The first-order valence-electron chi connectivity index (χ1n) is 2.36. The quantitative estimate of drug-likeness (QED) is 0.667. The summed E-state index contributed by atoms with van der Waals surface area (Å²) in [6.45, 7) is 0. The molecule has 0 aliphatic carbocycles. The SMILES string of the molecule is O=C(O)C(F)(F)[C@@](F)(Cl)C(=O)O. The highest BCUT2D eigenvalue weighted by Gasteiger charge is 2.65. The van der Waals surface area contributed by atoms with E-state index in [1.165, 1.54) is 0 Å². The number of rotatable bonds is 3. The Balaban J connectivity index is 5.01. The van der Waals surface area contributed by atoms with Gasteiger partial charge in [-0.15, -0.1) is 0 Å². The second-order valence-corrected chi connectivity index (χ2v) is 2.28. The zero-order chi connectivity index (χ0) is 10.2. The molecule has 0 aliphatic heterocycles. The molecule has 0 saturated heterocycles. The van der Waals surface area contributed by atoms with E-state index in [0.717, 1.165) is 0 Å². The lowest BCUT2D eigenvalue weighted by molar-refractivity contribution is -0.189. The van der Waals surface area contributed by atoms with Crippen LogP contribution in [-0.4, -0.2) is 33.2 Å². The Morgan fingerprint density at radius 3 is 1.50 bits per heavy atom. The van der Waals surface area contributed by atoms with Crippen molar-refractivity contribution in [3.8, 4) is 0 Å². The van der Waals surface area contributed by atoms with Crippen molar-refractivity contribution in [1.29, 1.82) is 0 Å². The van der Waals surface area contributed by atoms with E-state index in [0.29, 0.717) is 0 Å². The second-order valence-electron chi connectivity index (χ2n) is 1.76. The number of halogens is 4. The monoisotopic (exact) mass is 206 g/mol. The zero-order valence-electron chi connectivity index (χ0n) is 5.22. The molecule has 0 radical (unpaired) electrons. The fourth-order valence-electron chi connectivity index (χ4n) is 0.269. The van der Waals surface area contributed by atoms with Crippen LogP contribution in [0, 0.1) is 0 Å². The van der Waals surface area contributed by atoms with Crippen molar-refractivity contribution in [2.45, 2.75) is 11.1 Å². The number of carbonyl (C=O) groups is 2. The van der Waals surface area contributed by atoms with Crippen LogP contribution in [-0.2, 0) is 9.59 Å². The molecule has 0 fully saturated rings. The Morgan fingerprint density at radius 2 is 1.42 bits per heavy atom. The summed E-state index contributed by atoms with van der Waals surface area (Å²) in [6, 6.07) is 0. The van der Waals surface area contributed by atoms with Gasteiger partial charge in [0.05, 0.1) is 0 Å². The van der Waals surface area contributed by atoms with E-state index >= 15 is 0 Å². The number of carboxylic acids is 2. The van der Waals surface area contributed by atoms with Crippen molar-refractivity contribution < 1.29 is 33.0 Å². The normalized spacial score (nSPS) is 16.7. The third-order valence-corrected chi connectivity index (χ3v) is 1.33. The fourth-order valence-corrected chi connectivity index (χ4v) is 0.349. The van der Waals surface area contributed by atoms with Crippen molar-refractivity contribution in [2.24, 2.45) is 0 Å². The molecule has 0 aromatic heterocycles. The van der Waals surface area contributed by atoms with E-state index in [-0.39, 0.29) is 0 Å². The second kappa shape index (κ2) is 2.81. The van der Waals surface area contributed by atoms with E-state index in [1.807, 2.05) is 0 Å². The van der Waals surface area contributed by atoms with Crippen LogP contribution in [0.15, 0.2) is 0 Å². The van der Waals surface area contributed by atoms with Crippen LogP contribution in [0.4, 0.5) is 13.2 Å². The predicted molar refractivity (Wildman–Crippen MR) is 29.9 cm³/mol. The van der Waals surface area contributed by atoms with Crippen LogP contribution < -0.4 is 0 Å². The van der Waals surface area contributed by atoms with Crippen molar-refractivity contribution >= 4 is 23.5 Å². The van der Waals surface area contributed by atoms with Gasteiger partial charge in [-0.25, -0.2) is 14.0 Å². The molecule has 0 unspecified atom stereocenters. The molecular weight excluding hydrogens is 204 g/mol. The van der Waals surface area contributed by atoms with Gasteiger partial charge in [-0.2, -0.15) is 8.78 Å². The molecule has 0 spiro atoms. The van der Waals surface area contributed by atoms with E-state index in [2.05, 4.69) is 11.6 Å². The lowest BCUT2D eigenvalue weighted by Crippen LogP contribution is -2.51. The lowest BCUT2D eigenvalue weighted by atomic mass is 10.2. The third kappa shape index (κ3) is 1.45. The summed E-state index contributed by atoms with van der Waals surface area (Å²) in [7, 11) is 0. The molecule has 1 atom stereocenters. The first kappa shape index (κ1) is 11.0. The molecular formula is C4H2ClF3O4. The number of carboxylic acid groups (broad SMARTS) is 2. The van der Waals surface area contributed by atoms with Gasteiger partial charge >= 0.3 is 23.0 Å². The molecule has 0 aliphatic rings. The Morgan fingerprint density at radius 1 is 1.08 bits per heavy atom. The van der Waals surface area contributed by atoms with Gasteiger partial charge in [-0.3, -0.25) is 0 Å². The summed E-state index contributed by atoms with van der Waals surface area (Å²) >= 11 is 4.16. The van der Waals surface area contributed by atoms with E-state index in [1.54, 1.807) is 0 Å². The smallest absolute Gasteiger partial charge is 0.400 e. The average Bonchev–Trinajstić information content (AvgIpc) is 1.86. The molecule has 0 rings (SSSR count). The molecule has 0 bridgehead atoms. The summed E-state index contributed by atoms with van der Waals surface area (Å²) in [5.41, 5.74) is 0. The molecule has 0 aromatic carbocycles. The van der Waals surface area contributed by atoms with Gasteiger partial charge in [0.15, 0.2) is 0 Å². The first-order valence-corrected chi connectivity index (χ1v) is 2.74. The maximum absolute atomic E-state index is 12.3. The first-order chi connectivity index (χ1) is 5.14. The fraction of sp³-hybridized carbons (Fsp3) is 0.500. The van der Waals surface area contributed by atoms with Crippen LogP contribution in [0.5, 0.6) is 0 Å². The van der Waals surface area contributed by atoms with Crippen LogP contribution in [0.1, 0.15) is 0 Å². The summed E-state index contributed by atoms with van der Waals surface area (Å²) in [4.78, 5) is 19.4. The minimum atomic E-state index is -5.17. The van der Waals surface area contributed by atoms with Crippen molar-refractivity contribution in [2.75, 3.05) is 0 Å². The molecule has 0 aromatic rings. The molecule has 70 valence electrons. The summed E-state index contributed by atoms with van der Waals surface area (Å²) in [5.74, 6) is -10.9. The van der Waals surface area contributed by atoms with Gasteiger partial charge in [-0.1, -0.05) is 11.6 Å². The summed E-state index contributed by atoms with van der Waals surface area (Å²) in [5, 5.41) is 10.8.